The molecule has 2 heterocycles. The molecule has 0 spiro atoms. The molecule has 0 fully saturated rings. The summed E-state index contributed by atoms with van der Waals surface area (Å²) >= 11 is 0. The first kappa shape index (κ1) is 21.8. The summed E-state index contributed by atoms with van der Waals surface area (Å²) in [5.74, 6) is 1.48. The Morgan fingerprint density at radius 2 is 2.00 bits per heavy atom. The quantitative estimate of drug-likeness (QED) is 0.363. The molecule has 0 aliphatic carbocycles. The van der Waals surface area contributed by atoms with E-state index in [2.05, 4.69) is 32.3 Å². The van der Waals surface area contributed by atoms with Gasteiger partial charge >= 0.3 is 0 Å². The maximum atomic E-state index is 13.3. The zero-order valence-electron chi connectivity index (χ0n) is 17.6. The summed E-state index contributed by atoms with van der Waals surface area (Å²) in [5, 5.41) is 10.9. The molecule has 31 heavy (non-hydrogen) atoms. The Hall–Kier alpha value is -3.94. The van der Waals surface area contributed by atoms with Crippen LogP contribution in [0.2, 0.25) is 0 Å². The monoisotopic (exact) mass is 419 g/mol. The first-order valence-electron chi connectivity index (χ1n) is 9.93. The molecule has 0 saturated carbocycles. The van der Waals surface area contributed by atoms with Crippen LogP contribution in [0.4, 0.5) is 16.0 Å². The number of hydrogen-bond donors (Lipinski definition) is 3. The Bertz CT molecular complexity index is 1080. The molecule has 2 aromatic heterocycles. The van der Waals surface area contributed by atoms with Gasteiger partial charge in [0, 0.05) is 36.7 Å². The van der Waals surface area contributed by atoms with Gasteiger partial charge in [0.25, 0.3) is 0 Å². The van der Waals surface area contributed by atoms with E-state index in [1.54, 1.807) is 18.2 Å². The highest BCUT2D eigenvalue weighted by Gasteiger charge is 2.11. The minimum atomic E-state index is -0.265. The number of halogens is 1. The maximum absolute atomic E-state index is 13.3. The summed E-state index contributed by atoms with van der Waals surface area (Å²) in [6.45, 7) is 8.57. The zero-order valence-corrected chi connectivity index (χ0v) is 17.6. The van der Waals surface area contributed by atoms with Crippen molar-refractivity contribution in [1.82, 2.24) is 14.8 Å². The van der Waals surface area contributed by atoms with E-state index in [1.165, 1.54) is 24.5 Å². The van der Waals surface area contributed by atoms with Gasteiger partial charge in [-0.05, 0) is 55.3 Å². The lowest BCUT2D eigenvalue weighted by Gasteiger charge is -2.17. The summed E-state index contributed by atoms with van der Waals surface area (Å²) in [4.78, 5) is 8.85. The third-order valence-electron chi connectivity index (χ3n) is 4.60. The zero-order chi connectivity index (χ0) is 22.2. The molecule has 4 N–H and O–H groups in total. The fraction of sp³-hybridized carbons (Fsp3) is 0.174. The number of aromatic nitrogens is 3. The van der Waals surface area contributed by atoms with Crippen LogP contribution in [0.25, 0.3) is 11.1 Å². The minimum absolute atomic E-state index is 0.0812. The van der Waals surface area contributed by atoms with Gasteiger partial charge < -0.3 is 16.4 Å². The largest absolute Gasteiger partial charge is 0.403 e. The van der Waals surface area contributed by atoms with E-state index in [-0.39, 0.29) is 11.9 Å². The molecular formula is C23H26FN7. The van der Waals surface area contributed by atoms with E-state index in [0.29, 0.717) is 17.5 Å². The fourth-order valence-corrected chi connectivity index (χ4v) is 2.97. The van der Waals surface area contributed by atoms with Crippen LogP contribution >= 0.6 is 0 Å². The lowest BCUT2D eigenvalue weighted by molar-refractivity contribution is 0.626. The van der Waals surface area contributed by atoms with Gasteiger partial charge in [-0.25, -0.2) is 14.4 Å². The van der Waals surface area contributed by atoms with Crippen LogP contribution < -0.4 is 16.4 Å². The van der Waals surface area contributed by atoms with Crippen molar-refractivity contribution in [3.05, 3.63) is 85.2 Å². The Morgan fingerprint density at radius 1 is 1.26 bits per heavy atom. The number of benzene rings is 1. The summed E-state index contributed by atoms with van der Waals surface area (Å²) in [7, 11) is 0. The molecule has 0 bridgehead atoms. The Kier molecular flexibility index (Phi) is 7.16. The number of aliphatic imine (C=N–C) groups is 1. The molecular weight excluding hydrogens is 393 g/mol. The van der Waals surface area contributed by atoms with Gasteiger partial charge in [0.15, 0.2) is 0 Å². The molecule has 3 rings (SSSR count). The molecule has 1 aromatic carbocycles. The lowest BCUT2D eigenvalue weighted by Crippen LogP contribution is -2.12. The number of pyridine rings is 1. The number of nitrogens with two attached hydrogens (primary N) is 1. The van der Waals surface area contributed by atoms with Gasteiger partial charge in [-0.15, -0.1) is 0 Å². The Labute approximate surface area is 181 Å². The highest BCUT2D eigenvalue weighted by atomic mass is 19.1. The number of nitrogens with zero attached hydrogens (tertiary/aromatic N) is 4. The summed E-state index contributed by atoms with van der Waals surface area (Å²) in [6.07, 6.45) is 8.18. The van der Waals surface area contributed by atoms with Crippen molar-refractivity contribution in [3.8, 4) is 11.1 Å². The second-order valence-corrected chi connectivity index (χ2v) is 6.81. The predicted molar refractivity (Wildman–Crippen MR) is 124 cm³/mol. The van der Waals surface area contributed by atoms with Crippen molar-refractivity contribution in [1.29, 1.82) is 0 Å². The van der Waals surface area contributed by atoms with E-state index in [0.717, 1.165) is 23.2 Å². The number of aryl methyl sites for hydroxylation is 1. The number of anilines is 2. The first-order valence-corrected chi connectivity index (χ1v) is 9.93. The van der Waals surface area contributed by atoms with Gasteiger partial charge in [-0.3, -0.25) is 4.68 Å². The van der Waals surface area contributed by atoms with Crippen LogP contribution in [0.15, 0.2) is 78.8 Å². The van der Waals surface area contributed by atoms with Gasteiger partial charge in [0.1, 0.15) is 23.3 Å². The highest BCUT2D eigenvalue weighted by Crippen LogP contribution is 2.27. The average molecular weight is 420 g/mol. The summed E-state index contributed by atoms with van der Waals surface area (Å²) < 4.78 is 15.1. The molecule has 160 valence electrons. The van der Waals surface area contributed by atoms with Crippen molar-refractivity contribution in [2.24, 2.45) is 10.7 Å². The SMILES string of the molecule is C=CC(=N/C=C\N)Nc1cc(-c2cnn(CC)c2)cc(N[C@@H](C)c2ccc(F)cc2)n1. The van der Waals surface area contributed by atoms with E-state index in [9.17, 15) is 4.39 Å². The molecule has 1 atom stereocenters. The minimum Gasteiger partial charge on any atom is -0.403 e. The number of hydrogen-bond acceptors (Lipinski definition) is 5. The van der Waals surface area contributed by atoms with E-state index >= 15 is 0 Å². The van der Waals surface area contributed by atoms with Crippen molar-refractivity contribution < 1.29 is 4.39 Å². The average Bonchev–Trinajstić information content (AvgIpc) is 3.26. The molecule has 0 saturated heterocycles. The second kappa shape index (κ2) is 10.2. The smallest absolute Gasteiger partial charge is 0.134 e. The van der Waals surface area contributed by atoms with Crippen molar-refractivity contribution in [2.75, 3.05) is 10.6 Å². The van der Waals surface area contributed by atoms with Crippen molar-refractivity contribution >= 4 is 17.5 Å². The lowest BCUT2D eigenvalue weighted by atomic mass is 10.1. The van der Waals surface area contributed by atoms with E-state index in [4.69, 9.17) is 5.73 Å². The molecule has 0 aliphatic heterocycles. The van der Waals surface area contributed by atoms with E-state index < -0.39 is 0 Å². The second-order valence-electron chi connectivity index (χ2n) is 6.81. The van der Waals surface area contributed by atoms with Crippen molar-refractivity contribution in [2.45, 2.75) is 26.4 Å². The van der Waals surface area contributed by atoms with Gasteiger partial charge in [-0.1, -0.05) is 18.7 Å². The summed E-state index contributed by atoms with van der Waals surface area (Å²) in [6, 6.07) is 10.2. The van der Waals surface area contributed by atoms with Crippen LogP contribution in [0.1, 0.15) is 25.5 Å². The number of amidine groups is 1. The highest BCUT2D eigenvalue weighted by molar-refractivity contribution is 6.03. The summed E-state index contributed by atoms with van der Waals surface area (Å²) in [5.41, 5.74) is 8.22. The molecule has 0 radical (unpaired) electrons. The molecule has 3 aromatic rings. The molecule has 0 aliphatic rings. The first-order chi connectivity index (χ1) is 15.0. The van der Waals surface area contributed by atoms with Crippen LogP contribution in [-0.4, -0.2) is 20.6 Å². The third-order valence-corrected chi connectivity index (χ3v) is 4.60. The van der Waals surface area contributed by atoms with Crippen molar-refractivity contribution in [3.63, 3.8) is 0 Å². The van der Waals surface area contributed by atoms with Crippen LogP contribution in [0.3, 0.4) is 0 Å². The van der Waals surface area contributed by atoms with Crippen LogP contribution in [-0.2, 0) is 6.54 Å². The van der Waals surface area contributed by atoms with Gasteiger partial charge in [0.05, 0.1) is 6.20 Å². The fourth-order valence-electron chi connectivity index (χ4n) is 2.97. The van der Waals surface area contributed by atoms with Gasteiger partial charge in [-0.2, -0.15) is 5.10 Å². The molecule has 8 heteroatoms. The van der Waals surface area contributed by atoms with Crippen LogP contribution in [0.5, 0.6) is 0 Å². The van der Waals surface area contributed by atoms with E-state index in [1.807, 2.05) is 43.1 Å². The normalized spacial score (nSPS) is 12.7. The molecule has 0 unspecified atom stereocenters. The Morgan fingerprint density at radius 3 is 2.65 bits per heavy atom. The predicted octanol–water partition coefficient (Wildman–Crippen LogP) is 4.70. The Balaban J connectivity index is 1.95. The number of rotatable bonds is 8. The van der Waals surface area contributed by atoms with Crippen LogP contribution in [0, 0.1) is 5.82 Å². The molecule has 7 nitrogen and oxygen atoms in total. The third kappa shape index (κ3) is 5.79. The molecule has 0 amide bonds. The topological polar surface area (TPSA) is 93.1 Å². The number of nitrogens with one attached hydrogen (secondary N) is 2. The standard InChI is InChI=1S/C23H26FN7/c1-4-21(26-11-10-25)29-23-13-18(19-14-27-31(5-2)15-19)12-22(30-23)28-16(3)17-6-8-20(24)9-7-17/h4,6-16H,1,5,25H2,2-3H3,(H2,26,28,29,30)/b11-10-/t16-/m0/s1. The van der Waals surface area contributed by atoms with Gasteiger partial charge in [0.2, 0.25) is 0 Å². The maximum Gasteiger partial charge on any atom is 0.134 e.